The van der Waals surface area contributed by atoms with E-state index in [0.29, 0.717) is 39.1 Å². The van der Waals surface area contributed by atoms with E-state index < -0.39 is 18.1 Å². The highest BCUT2D eigenvalue weighted by Gasteiger charge is 2.40. The first kappa shape index (κ1) is 18.0. The number of piperidine rings is 1. The molecule has 144 valence electrons. The van der Waals surface area contributed by atoms with Crippen LogP contribution in [-0.4, -0.2) is 71.9 Å². The summed E-state index contributed by atoms with van der Waals surface area (Å²) >= 11 is 0. The monoisotopic (exact) mass is 375 g/mol. The zero-order chi connectivity index (χ0) is 19.0. The van der Waals surface area contributed by atoms with E-state index >= 15 is 0 Å². The van der Waals surface area contributed by atoms with Crippen molar-refractivity contribution in [3.05, 3.63) is 23.8 Å². The second-order valence-electron chi connectivity index (χ2n) is 7.28. The number of allylic oxidation sites excluding steroid dienone is 3. The Morgan fingerprint density at radius 3 is 2.56 bits per heavy atom. The number of nitrogens with zero attached hydrogens (tertiary/aromatic N) is 3. The number of carbonyl (C=O) groups is 3. The molecule has 0 radical (unpaired) electrons. The number of halogens is 1. The molecule has 2 saturated heterocycles. The van der Waals surface area contributed by atoms with Crippen molar-refractivity contribution >= 4 is 23.6 Å². The summed E-state index contributed by atoms with van der Waals surface area (Å²) in [6.07, 6.45) is 5.00. The minimum atomic E-state index is -1.35. The van der Waals surface area contributed by atoms with Crippen LogP contribution in [0, 0.1) is 5.92 Å². The van der Waals surface area contributed by atoms with Crippen LogP contribution in [0.15, 0.2) is 28.8 Å². The zero-order valence-corrected chi connectivity index (χ0v) is 15.0. The molecule has 3 heterocycles. The molecule has 4 aliphatic rings. The second kappa shape index (κ2) is 7.34. The lowest BCUT2D eigenvalue weighted by Gasteiger charge is -2.39. The van der Waals surface area contributed by atoms with Gasteiger partial charge in [0, 0.05) is 38.3 Å². The third-order valence-corrected chi connectivity index (χ3v) is 5.62. The molecular formula is C19H22FN3O4. The molecule has 0 aromatic carbocycles. The fraction of sp³-hybridized carbons (Fsp3) is 0.579. The van der Waals surface area contributed by atoms with Crippen molar-refractivity contribution < 1.29 is 23.5 Å². The van der Waals surface area contributed by atoms with E-state index in [1.54, 1.807) is 0 Å². The number of amides is 4. The standard InChI is InChI=1S/C19H22FN3O4/c20-13-1-2-16-15(11-13)18(25)23(19(26)21-16)14-3-7-22(8-4-14)17(24)12-5-9-27-10-6-12/h1-2,11-14H,3-10H2. The summed E-state index contributed by atoms with van der Waals surface area (Å²) in [7, 11) is 0. The average molecular weight is 375 g/mol. The van der Waals surface area contributed by atoms with Crippen molar-refractivity contribution in [1.29, 1.82) is 0 Å². The molecule has 1 aliphatic carbocycles. The Kier molecular flexibility index (Phi) is 4.90. The summed E-state index contributed by atoms with van der Waals surface area (Å²) < 4.78 is 18.9. The summed E-state index contributed by atoms with van der Waals surface area (Å²) in [6, 6.07) is -0.928. The van der Waals surface area contributed by atoms with Gasteiger partial charge in [-0.1, -0.05) is 0 Å². The van der Waals surface area contributed by atoms with Crippen LogP contribution in [0.2, 0.25) is 0 Å². The summed E-state index contributed by atoms with van der Waals surface area (Å²) in [4.78, 5) is 44.6. The molecule has 7 nitrogen and oxygen atoms in total. The highest BCUT2D eigenvalue weighted by molar-refractivity contribution is 6.33. The first-order valence-corrected chi connectivity index (χ1v) is 9.42. The summed E-state index contributed by atoms with van der Waals surface area (Å²) in [5, 5.41) is 0. The maximum atomic E-state index is 13.6. The van der Waals surface area contributed by atoms with E-state index in [-0.39, 0.29) is 29.2 Å². The van der Waals surface area contributed by atoms with Crippen LogP contribution >= 0.6 is 0 Å². The number of likely N-dealkylation sites (tertiary alicyclic amines) is 1. The molecule has 8 heteroatoms. The molecule has 1 atom stereocenters. The number of urea groups is 1. The van der Waals surface area contributed by atoms with Gasteiger partial charge in [-0.3, -0.25) is 14.5 Å². The van der Waals surface area contributed by atoms with Crippen molar-refractivity contribution in [3.63, 3.8) is 0 Å². The van der Waals surface area contributed by atoms with E-state index in [2.05, 4.69) is 4.99 Å². The van der Waals surface area contributed by atoms with Gasteiger partial charge in [-0.05, 0) is 43.9 Å². The van der Waals surface area contributed by atoms with E-state index in [1.165, 1.54) is 18.2 Å². The molecule has 27 heavy (non-hydrogen) atoms. The molecule has 1 unspecified atom stereocenters. The molecule has 0 bridgehead atoms. The number of aliphatic imine (C=N–C) groups is 1. The van der Waals surface area contributed by atoms with Gasteiger partial charge in [-0.25, -0.2) is 9.18 Å². The van der Waals surface area contributed by atoms with Crippen molar-refractivity contribution in [1.82, 2.24) is 9.80 Å². The minimum absolute atomic E-state index is 0.00128. The van der Waals surface area contributed by atoms with Crippen molar-refractivity contribution in [3.8, 4) is 0 Å². The van der Waals surface area contributed by atoms with Gasteiger partial charge in [0.15, 0.2) is 0 Å². The Labute approximate surface area is 156 Å². The molecule has 0 saturated carbocycles. The predicted octanol–water partition coefficient (Wildman–Crippen LogP) is 1.64. The second-order valence-corrected chi connectivity index (χ2v) is 7.28. The number of imide groups is 1. The largest absolute Gasteiger partial charge is 0.381 e. The molecular weight excluding hydrogens is 353 g/mol. The number of alkyl halides is 1. The highest BCUT2D eigenvalue weighted by Crippen LogP contribution is 2.27. The molecule has 0 N–H and O–H groups in total. The van der Waals surface area contributed by atoms with Crippen molar-refractivity contribution in [2.75, 3.05) is 26.3 Å². The van der Waals surface area contributed by atoms with Crippen molar-refractivity contribution in [2.24, 2.45) is 10.9 Å². The van der Waals surface area contributed by atoms with Gasteiger partial charge in [0.05, 0.1) is 11.3 Å². The van der Waals surface area contributed by atoms with Gasteiger partial charge in [0.2, 0.25) is 5.91 Å². The number of carbonyl (C=O) groups excluding carboxylic acids is 3. The van der Waals surface area contributed by atoms with Gasteiger partial charge in [-0.2, -0.15) is 4.99 Å². The Hall–Kier alpha value is -2.35. The Balaban J connectivity index is 1.42. The number of fused-ring (bicyclic) bond motifs is 1. The fourth-order valence-electron chi connectivity index (χ4n) is 4.09. The molecule has 4 amide bonds. The molecule has 3 aliphatic heterocycles. The number of ether oxygens (including phenoxy) is 1. The van der Waals surface area contributed by atoms with Crippen LogP contribution in [0.3, 0.4) is 0 Å². The van der Waals surface area contributed by atoms with Crippen LogP contribution < -0.4 is 0 Å². The van der Waals surface area contributed by atoms with Crippen molar-refractivity contribution in [2.45, 2.75) is 37.9 Å². The lowest BCUT2D eigenvalue weighted by atomic mass is 9.94. The van der Waals surface area contributed by atoms with Gasteiger partial charge >= 0.3 is 6.03 Å². The normalized spacial score (nSPS) is 27.4. The minimum Gasteiger partial charge on any atom is -0.381 e. The van der Waals surface area contributed by atoms with Gasteiger partial charge in [0.1, 0.15) is 6.17 Å². The van der Waals surface area contributed by atoms with Crippen LogP contribution in [0.25, 0.3) is 0 Å². The SMILES string of the molecule is O=C(C1CCOCC1)N1CCC(N2C(=O)N=C3C=CC(F)C=C3C2=O)CC1. The lowest BCUT2D eigenvalue weighted by molar-refractivity contribution is -0.140. The average Bonchev–Trinajstić information content (AvgIpc) is 2.69. The molecule has 0 aromatic heterocycles. The third kappa shape index (κ3) is 3.45. The van der Waals surface area contributed by atoms with Gasteiger partial charge in [0.25, 0.3) is 5.91 Å². The quantitative estimate of drug-likeness (QED) is 0.735. The maximum absolute atomic E-state index is 13.6. The summed E-state index contributed by atoms with van der Waals surface area (Å²) in [6.45, 7) is 2.23. The predicted molar refractivity (Wildman–Crippen MR) is 94.9 cm³/mol. The Bertz CT molecular complexity index is 746. The zero-order valence-electron chi connectivity index (χ0n) is 15.0. The Morgan fingerprint density at radius 2 is 1.85 bits per heavy atom. The number of hydrogen-bond acceptors (Lipinski definition) is 4. The fourth-order valence-corrected chi connectivity index (χ4v) is 4.09. The first-order valence-electron chi connectivity index (χ1n) is 9.42. The third-order valence-electron chi connectivity index (χ3n) is 5.62. The summed E-state index contributed by atoms with van der Waals surface area (Å²) in [5.74, 6) is -0.360. The molecule has 4 rings (SSSR count). The van der Waals surface area contributed by atoms with Crippen LogP contribution in [0.1, 0.15) is 25.7 Å². The molecule has 0 aromatic rings. The number of hydrogen-bond donors (Lipinski definition) is 0. The van der Waals surface area contributed by atoms with E-state index in [1.807, 2.05) is 4.90 Å². The molecule has 0 spiro atoms. The van der Waals surface area contributed by atoms with E-state index in [9.17, 15) is 18.8 Å². The Morgan fingerprint density at radius 1 is 1.15 bits per heavy atom. The van der Waals surface area contributed by atoms with Crippen LogP contribution in [0.5, 0.6) is 0 Å². The molecule has 2 fully saturated rings. The van der Waals surface area contributed by atoms with E-state index in [4.69, 9.17) is 4.74 Å². The van der Waals surface area contributed by atoms with Crippen LogP contribution in [0.4, 0.5) is 9.18 Å². The number of rotatable bonds is 2. The smallest absolute Gasteiger partial charge is 0.351 e. The van der Waals surface area contributed by atoms with Gasteiger partial charge in [-0.15, -0.1) is 0 Å². The van der Waals surface area contributed by atoms with E-state index in [0.717, 1.165) is 17.7 Å². The maximum Gasteiger partial charge on any atom is 0.351 e. The van der Waals surface area contributed by atoms with Crippen LogP contribution in [-0.2, 0) is 14.3 Å². The highest BCUT2D eigenvalue weighted by atomic mass is 19.1. The van der Waals surface area contributed by atoms with Gasteiger partial charge < -0.3 is 9.64 Å². The lowest BCUT2D eigenvalue weighted by Crippen LogP contribution is -2.53. The topological polar surface area (TPSA) is 79.3 Å². The first-order chi connectivity index (χ1) is 13.0. The summed E-state index contributed by atoms with van der Waals surface area (Å²) in [5.41, 5.74) is 0.368.